The van der Waals surface area contributed by atoms with E-state index in [-0.39, 0.29) is 21.9 Å². The molecule has 0 fully saturated rings. The number of amides is 1. The van der Waals surface area contributed by atoms with E-state index in [1.54, 1.807) is 19.2 Å². The molecule has 8 nitrogen and oxygen atoms in total. The summed E-state index contributed by atoms with van der Waals surface area (Å²) < 4.78 is 44.8. The van der Waals surface area contributed by atoms with Gasteiger partial charge in [0.05, 0.1) is 32.6 Å². The first-order valence-corrected chi connectivity index (χ1v) is 12.5. The lowest BCUT2D eigenvalue weighted by Gasteiger charge is -2.15. The first kappa shape index (κ1) is 25.4. The fourth-order valence-electron chi connectivity index (χ4n) is 3.20. The largest absolute Gasteiger partial charge is 0.497 e. The highest BCUT2D eigenvalue weighted by Crippen LogP contribution is 2.31. The predicted octanol–water partition coefficient (Wildman–Crippen LogP) is 4.25. The molecule has 0 spiro atoms. The smallest absolute Gasteiger partial charge is 0.265 e. The van der Waals surface area contributed by atoms with E-state index < -0.39 is 15.9 Å². The predicted molar refractivity (Wildman–Crippen MR) is 134 cm³/mol. The van der Waals surface area contributed by atoms with Gasteiger partial charge in [0.1, 0.15) is 22.1 Å². The molecular formula is C24H25BrN2O6S. The van der Waals surface area contributed by atoms with Crippen molar-refractivity contribution in [2.24, 2.45) is 0 Å². The van der Waals surface area contributed by atoms with Crippen molar-refractivity contribution in [1.29, 1.82) is 0 Å². The Kier molecular flexibility index (Phi) is 8.41. The molecule has 0 saturated heterocycles. The molecule has 0 heterocycles. The molecule has 1 amide bonds. The number of sulfonamides is 1. The summed E-state index contributed by atoms with van der Waals surface area (Å²) >= 11 is 3.34. The summed E-state index contributed by atoms with van der Waals surface area (Å²) in [7, 11) is 0.388. The van der Waals surface area contributed by atoms with Crippen LogP contribution in [0.4, 0.5) is 5.69 Å². The van der Waals surface area contributed by atoms with Gasteiger partial charge in [-0.05, 0) is 54.4 Å². The Bertz CT molecular complexity index is 1260. The first-order valence-electron chi connectivity index (χ1n) is 10.2. The van der Waals surface area contributed by atoms with Crippen LogP contribution in [0.25, 0.3) is 0 Å². The van der Waals surface area contributed by atoms with Gasteiger partial charge in [0.2, 0.25) is 0 Å². The summed E-state index contributed by atoms with van der Waals surface area (Å²) in [6.45, 7) is 0.371. The molecule has 0 atom stereocenters. The van der Waals surface area contributed by atoms with E-state index in [9.17, 15) is 13.2 Å². The zero-order valence-corrected chi connectivity index (χ0v) is 21.3. The van der Waals surface area contributed by atoms with E-state index in [2.05, 4.69) is 26.0 Å². The van der Waals surface area contributed by atoms with Gasteiger partial charge in [-0.3, -0.25) is 9.52 Å². The molecule has 0 saturated carbocycles. The Morgan fingerprint density at radius 2 is 1.56 bits per heavy atom. The highest BCUT2D eigenvalue weighted by molar-refractivity contribution is 9.10. The standard InChI is InChI=1S/C24H25BrN2O6S/c1-31-18-7-4-16(5-8-18)12-13-26-24(28)20-14-17(25)6-10-21(20)27-34(29,30)23-11-9-19(32-2)15-22(23)33-3/h4-11,14-15,27H,12-13H2,1-3H3,(H,26,28). The number of halogens is 1. The lowest BCUT2D eigenvalue weighted by molar-refractivity contribution is 0.0955. The van der Waals surface area contributed by atoms with Crippen molar-refractivity contribution in [2.45, 2.75) is 11.3 Å². The Hall–Kier alpha value is -3.24. The Morgan fingerprint density at radius 1 is 0.882 bits per heavy atom. The van der Waals surface area contributed by atoms with Gasteiger partial charge in [-0.15, -0.1) is 0 Å². The minimum Gasteiger partial charge on any atom is -0.497 e. The molecule has 0 aromatic heterocycles. The molecule has 0 bridgehead atoms. The molecule has 0 aliphatic heterocycles. The second-order valence-electron chi connectivity index (χ2n) is 7.17. The molecule has 34 heavy (non-hydrogen) atoms. The number of nitrogens with one attached hydrogen (secondary N) is 2. The molecule has 0 aliphatic rings. The Balaban J connectivity index is 1.78. The van der Waals surface area contributed by atoms with Crippen molar-refractivity contribution in [1.82, 2.24) is 5.32 Å². The second kappa shape index (κ2) is 11.3. The molecule has 180 valence electrons. The van der Waals surface area contributed by atoms with E-state index in [0.29, 0.717) is 23.2 Å². The molecule has 3 aromatic carbocycles. The van der Waals surface area contributed by atoms with E-state index in [1.165, 1.54) is 38.5 Å². The topological polar surface area (TPSA) is 103 Å². The van der Waals surface area contributed by atoms with Crippen LogP contribution in [0.15, 0.2) is 70.0 Å². The van der Waals surface area contributed by atoms with Gasteiger partial charge < -0.3 is 19.5 Å². The summed E-state index contributed by atoms with van der Waals surface area (Å²) in [5, 5.41) is 2.84. The van der Waals surface area contributed by atoms with Gasteiger partial charge >= 0.3 is 0 Å². The van der Waals surface area contributed by atoms with Crippen LogP contribution in [0.5, 0.6) is 17.2 Å². The number of hydrogen-bond acceptors (Lipinski definition) is 6. The summed E-state index contributed by atoms with van der Waals surface area (Å²) in [6.07, 6.45) is 0.605. The SMILES string of the molecule is COc1ccc(CCNC(=O)c2cc(Br)ccc2NS(=O)(=O)c2ccc(OC)cc2OC)cc1. The van der Waals surface area contributed by atoms with Gasteiger partial charge in [0, 0.05) is 17.1 Å². The van der Waals surface area contributed by atoms with Gasteiger partial charge in [-0.1, -0.05) is 28.1 Å². The van der Waals surface area contributed by atoms with Crippen molar-refractivity contribution in [3.05, 3.63) is 76.3 Å². The highest BCUT2D eigenvalue weighted by Gasteiger charge is 2.23. The minimum absolute atomic E-state index is 0.0791. The summed E-state index contributed by atoms with van der Waals surface area (Å²) in [5.74, 6) is 0.923. The number of anilines is 1. The van der Waals surface area contributed by atoms with E-state index in [4.69, 9.17) is 14.2 Å². The van der Waals surface area contributed by atoms with Crippen LogP contribution in [0.1, 0.15) is 15.9 Å². The lowest BCUT2D eigenvalue weighted by Crippen LogP contribution is -2.27. The molecule has 0 unspecified atom stereocenters. The zero-order valence-electron chi connectivity index (χ0n) is 18.9. The van der Waals surface area contributed by atoms with Gasteiger partial charge in [-0.2, -0.15) is 0 Å². The highest BCUT2D eigenvalue weighted by atomic mass is 79.9. The maximum atomic E-state index is 13.1. The number of carbonyl (C=O) groups is 1. The molecule has 3 rings (SSSR count). The summed E-state index contributed by atoms with van der Waals surface area (Å²) in [6, 6.07) is 16.7. The minimum atomic E-state index is -4.06. The third-order valence-electron chi connectivity index (χ3n) is 4.99. The number of methoxy groups -OCH3 is 3. The molecule has 0 radical (unpaired) electrons. The molecular weight excluding hydrogens is 524 g/mol. The van der Waals surface area contributed by atoms with E-state index in [1.807, 2.05) is 24.3 Å². The van der Waals surface area contributed by atoms with Crippen LogP contribution < -0.4 is 24.2 Å². The Labute approximate surface area is 207 Å². The van der Waals surface area contributed by atoms with Crippen LogP contribution in [-0.2, 0) is 16.4 Å². The average molecular weight is 549 g/mol. The van der Waals surface area contributed by atoms with Crippen LogP contribution in [0, 0.1) is 0 Å². The fraction of sp³-hybridized carbons (Fsp3) is 0.208. The van der Waals surface area contributed by atoms with Crippen LogP contribution in [0.3, 0.4) is 0 Å². The summed E-state index contributed by atoms with van der Waals surface area (Å²) in [5.41, 5.74) is 1.35. The van der Waals surface area contributed by atoms with Crippen LogP contribution in [-0.4, -0.2) is 42.2 Å². The first-order chi connectivity index (χ1) is 16.3. The van der Waals surface area contributed by atoms with Gasteiger partial charge in [0.15, 0.2) is 0 Å². The summed E-state index contributed by atoms with van der Waals surface area (Å²) in [4.78, 5) is 12.8. The van der Waals surface area contributed by atoms with Crippen LogP contribution in [0.2, 0.25) is 0 Å². The lowest BCUT2D eigenvalue weighted by atomic mass is 10.1. The Morgan fingerprint density at radius 3 is 2.21 bits per heavy atom. The number of ether oxygens (including phenoxy) is 3. The average Bonchev–Trinajstić information content (AvgIpc) is 2.84. The van der Waals surface area contributed by atoms with Crippen molar-refractivity contribution >= 4 is 37.5 Å². The number of rotatable bonds is 10. The normalized spacial score (nSPS) is 10.9. The maximum Gasteiger partial charge on any atom is 0.265 e. The van der Waals surface area contributed by atoms with E-state index in [0.717, 1.165) is 11.3 Å². The molecule has 10 heteroatoms. The van der Waals surface area contributed by atoms with Crippen molar-refractivity contribution in [2.75, 3.05) is 32.6 Å². The zero-order chi connectivity index (χ0) is 24.7. The van der Waals surface area contributed by atoms with E-state index >= 15 is 0 Å². The van der Waals surface area contributed by atoms with Crippen molar-refractivity contribution in [3.63, 3.8) is 0 Å². The molecule has 2 N–H and O–H groups in total. The molecule has 3 aromatic rings. The third-order valence-corrected chi connectivity index (χ3v) is 6.89. The number of hydrogen-bond donors (Lipinski definition) is 2. The van der Waals surface area contributed by atoms with Crippen LogP contribution >= 0.6 is 15.9 Å². The number of benzene rings is 3. The van der Waals surface area contributed by atoms with Crippen molar-refractivity contribution < 1.29 is 27.4 Å². The number of carbonyl (C=O) groups excluding carboxylic acids is 1. The monoisotopic (exact) mass is 548 g/mol. The van der Waals surface area contributed by atoms with Crippen molar-refractivity contribution in [3.8, 4) is 17.2 Å². The second-order valence-corrected chi connectivity index (χ2v) is 9.73. The fourth-order valence-corrected chi connectivity index (χ4v) is 4.79. The maximum absolute atomic E-state index is 13.1. The van der Waals surface area contributed by atoms with Gasteiger partial charge in [-0.25, -0.2) is 8.42 Å². The quantitative estimate of drug-likeness (QED) is 0.392. The van der Waals surface area contributed by atoms with Gasteiger partial charge in [0.25, 0.3) is 15.9 Å². The molecule has 0 aliphatic carbocycles. The third kappa shape index (κ3) is 6.21.